The zero-order valence-corrected chi connectivity index (χ0v) is 13.4. The number of nitrogens with zero attached hydrogens (tertiary/aromatic N) is 1. The number of hydrogen-bond donors (Lipinski definition) is 2. The van der Waals surface area contributed by atoms with Crippen molar-refractivity contribution in [3.05, 3.63) is 53.3 Å². The van der Waals surface area contributed by atoms with Crippen molar-refractivity contribution in [3.63, 3.8) is 0 Å². The summed E-state index contributed by atoms with van der Waals surface area (Å²) in [6.45, 7) is 6.95. The molecule has 1 aromatic heterocycles. The molecule has 0 saturated heterocycles. The van der Waals surface area contributed by atoms with Crippen LogP contribution in [-0.4, -0.2) is 17.4 Å². The van der Waals surface area contributed by atoms with E-state index in [1.54, 1.807) is 12.4 Å². The van der Waals surface area contributed by atoms with Crippen LogP contribution in [0.25, 0.3) is 0 Å². The predicted molar refractivity (Wildman–Crippen MR) is 90.7 cm³/mol. The lowest BCUT2D eigenvalue weighted by atomic mass is 10.1. The summed E-state index contributed by atoms with van der Waals surface area (Å²) >= 11 is 0. The maximum atomic E-state index is 12.1. The van der Waals surface area contributed by atoms with Crippen LogP contribution in [0.2, 0.25) is 0 Å². The van der Waals surface area contributed by atoms with Crippen molar-refractivity contribution in [2.75, 3.05) is 11.9 Å². The molecule has 0 spiro atoms. The molecule has 0 bridgehead atoms. The summed E-state index contributed by atoms with van der Waals surface area (Å²) < 4.78 is 0. The van der Waals surface area contributed by atoms with Gasteiger partial charge in [-0.1, -0.05) is 25.5 Å². The fourth-order valence-corrected chi connectivity index (χ4v) is 2.16. The molecule has 0 aliphatic heterocycles. The second-order valence-electron chi connectivity index (χ2n) is 5.44. The standard InChI is InChI=1S/C18H23N3O/c1-4-5-9-20-18(22)15-10-16(12-19-11-15)21-17-8-6-7-13(2)14(17)3/h6-8,10-12,21H,4-5,9H2,1-3H3,(H,20,22). The normalized spacial score (nSPS) is 10.3. The number of carbonyl (C=O) groups is 1. The first-order chi connectivity index (χ1) is 10.6. The molecule has 4 heteroatoms. The van der Waals surface area contributed by atoms with Gasteiger partial charge in [0.15, 0.2) is 0 Å². The van der Waals surface area contributed by atoms with Gasteiger partial charge in [-0.25, -0.2) is 0 Å². The van der Waals surface area contributed by atoms with Crippen LogP contribution in [0.4, 0.5) is 11.4 Å². The molecule has 1 amide bonds. The lowest BCUT2D eigenvalue weighted by molar-refractivity contribution is 0.0953. The highest BCUT2D eigenvalue weighted by atomic mass is 16.1. The molecule has 0 aliphatic carbocycles. The average molecular weight is 297 g/mol. The van der Waals surface area contributed by atoms with E-state index >= 15 is 0 Å². The van der Waals surface area contributed by atoms with E-state index in [-0.39, 0.29) is 5.91 Å². The highest BCUT2D eigenvalue weighted by Gasteiger charge is 2.07. The number of hydrogen-bond acceptors (Lipinski definition) is 3. The number of pyridine rings is 1. The second kappa shape index (κ2) is 7.59. The van der Waals surface area contributed by atoms with E-state index in [4.69, 9.17) is 0 Å². The molecule has 0 fully saturated rings. The Morgan fingerprint density at radius 3 is 2.82 bits per heavy atom. The fraction of sp³-hybridized carbons (Fsp3) is 0.333. The van der Waals surface area contributed by atoms with Gasteiger partial charge in [0.25, 0.3) is 5.91 Å². The molecule has 1 aromatic carbocycles. The molecule has 1 heterocycles. The Bertz CT molecular complexity index is 653. The number of benzene rings is 1. The quantitative estimate of drug-likeness (QED) is 0.793. The van der Waals surface area contributed by atoms with Gasteiger partial charge in [0, 0.05) is 18.4 Å². The predicted octanol–water partition coefficient (Wildman–Crippen LogP) is 3.97. The summed E-state index contributed by atoms with van der Waals surface area (Å²) in [7, 11) is 0. The SMILES string of the molecule is CCCCNC(=O)c1cncc(Nc2cccc(C)c2C)c1. The summed E-state index contributed by atoms with van der Waals surface area (Å²) in [5.74, 6) is -0.0782. The molecule has 22 heavy (non-hydrogen) atoms. The lowest BCUT2D eigenvalue weighted by Gasteiger charge is -2.12. The first-order valence-corrected chi connectivity index (χ1v) is 7.68. The molecule has 0 saturated carbocycles. The largest absolute Gasteiger partial charge is 0.354 e. The van der Waals surface area contributed by atoms with Crippen LogP contribution in [0.5, 0.6) is 0 Å². The van der Waals surface area contributed by atoms with Gasteiger partial charge in [0.05, 0.1) is 17.4 Å². The molecule has 4 nitrogen and oxygen atoms in total. The highest BCUT2D eigenvalue weighted by Crippen LogP contribution is 2.22. The van der Waals surface area contributed by atoms with Gasteiger partial charge < -0.3 is 10.6 Å². The first kappa shape index (κ1) is 16.0. The number of aromatic nitrogens is 1. The van der Waals surface area contributed by atoms with Crippen molar-refractivity contribution in [2.24, 2.45) is 0 Å². The Hall–Kier alpha value is -2.36. The van der Waals surface area contributed by atoms with E-state index in [0.717, 1.165) is 24.2 Å². The van der Waals surface area contributed by atoms with Gasteiger partial charge >= 0.3 is 0 Å². The number of nitrogens with one attached hydrogen (secondary N) is 2. The van der Waals surface area contributed by atoms with Gasteiger partial charge in [-0.3, -0.25) is 9.78 Å². The topological polar surface area (TPSA) is 54.0 Å². The Kier molecular flexibility index (Phi) is 5.53. The summed E-state index contributed by atoms with van der Waals surface area (Å²) in [5.41, 5.74) is 4.85. The van der Waals surface area contributed by atoms with E-state index < -0.39 is 0 Å². The Labute approximate surface area is 132 Å². The third-order valence-corrected chi connectivity index (χ3v) is 3.70. The molecular weight excluding hydrogens is 274 g/mol. The molecule has 2 N–H and O–H groups in total. The Balaban J connectivity index is 2.11. The average Bonchev–Trinajstić information content (AvgIpc) is 2.52. The number of anilines is 2. The molecule has 116 valence electrons. The van der Waals surface area contributed by atoms with Crippen LogP contribution in [-0.2, 0) is 0 Å². The zero-order chi connectivity index (χ0) is 15.9. The fourth-order valence-electron chi connectivity index (χ4n) is 2.16. The van der Waals surface area contributed by atoms with Crippen LogP contribution in [0, 0.1) is 13.8 Å². The molecule has 2 rings (SSSR count). The van der Waals surface area contributed by atoms with Crippen LogP contribution in [0.1, 0.15) is 41.3 Å². The molecule has 0 atom stereocenters. The smallest absolute Gasteiger partial charge is 0.252 e. The van der Waals surface area contributed by atoms with Gasteiger partial charge in [-0.2, -0.15) is 0 Å². The third-order valence-electron chi connectivity index (χ3n) is 3.70. The van der Waals surface area contributed by atoms with E-state index in [1.807, 2.05) is 18.2 Å². The van der Waals surface area contributed by atoms with Crippen molar-refractivity contribution in [1.29, 1.82) is 0 Å². The minimum absolute atomic E-state index is 0.0782. The number of aryl methyl sites for hydroxylation is 1. The Morgan fingerprint density at radius 2 is 2.05 bits per heavy atom. The maximum absolute atomic E-state index is 12.1. The number of rotatable bonds is 6. The van der Waals surface area contributed by atoms with E-state index in [0.29, 0.717) is 12.1 Å². The van der Waals surface area contributed by atoms with Crippen molar-refractivity contribution in [3.8, 4) is 0 Å². The van der Waals surface area contributed by atoms with Crippen molar-refractivity contribution < 1.29 is 4.79 Å². The van der Waals surface area contributed by atoms with Gasteiger partial charge in [-0.05, 0) is 43.5 Å². The monoisotopic (exact) mass is 297 g/mol. The van der Waals surface area contributed by atoms with E-state index in [1.165, 1.54) is 11.1 Å². The third kappa shape index (κ3) is 4.07. The first-order valence-electron chi connectivity index (χ1n) is 7.68. The zero-order valence-electron chi connectivity index (χ0n) is 13.4. The lowest BCUT2D eigenvalue weighted by Crippen LogP contribution is -2.24. The molecule has 0 aliphatic rings. The van der Waals surface area contributed by atoms with Crippen molar-refractivity contribution >= 4 is 17.3 Å². The number of carbonyl (C=O) groups excluding carboxylic acids is 1. The van der Waals surface area contributed by atoms with Gasteiger partial charge in [-0.15, -0.1) is 0 Å². The highest BCUT2D eigenvalue weighted by molar-refractivity contribution is 5.94. The van der Waals surface area contributed by atoms with Gasteiger partial charge in [0.1, 0.15) is 0 Å². The van der Waals surface area contributed by atoms with Crippen molar-refractivity contribution in [1.82, 2.24) is 10.3 Å². The summed E-state index contributed by atoms with van der Waals surface area (Å²) in [5, 5.41) is 6.24. The van der Waals surface area contributed by atoms with Crippen LogP contribution in [0.3, 0.4) is 0 Å². The summed E-state index contributed by atoms with van der Waals surface area (Å²) in [6.07, 6.45) is 5.37. The molecule has 2 aromatic rings. The van der Waals surface area contributed by atoms with E-state index in [2.05, 4.69) is 42.5 Å². The minimum atomic E-state index is -0.0782. The Morgan fingerprint density at radius 1 is 1.23 bits per heavy atom. The maximum Gasteiger partial charge on any atom is 0.252 e. The molecular formula is C18H23N3O. The van der Waals surface area contributed by atoms with Crippen molar-refractivity contribution in [2.45, 2.75) is 33.6 Å². The second-order valence-corrected chi connectivity index (χ2v) is 5.44. The number of unbranched alkanes of at least 4 members (excludes halogenated alkanes) is 1. The minimum Gasteiger partial charge on any atom is -0.354 e. The van der Waals surface area contributed by atoms with Gasteiger partial charge in [0.2, 0.25) is 0 Å². The van der Waals surface area contributed by atoms with E-state index in [9.17, 15) is 4.79 Å². The van der Waals surface area contributed by atoms with Crippen LogP contribution >= 0.6 is 0 Å². The molecule has 0 radical (unpaired) electrons. The number of amides is 1. The van der Waals surface area contributed by atoms with Crippen LogP contribution in [0.15, 0.2) is 36.7 Å². The summed E-state index contributed by atoms with van der Waals surface area (Å²) in [4.78, 5) is 16.2. The van der Waals surface area contributed by atoms with Crippen LogP contribution < -0.4 is 10.6 Å². The summed E-state index contributed by atoms with van der Waals surface area (Å²) in [6, 6.07) is 7.95. The molecule has 0 unspecified atom stereocenters.